The molecule has 2 nitrogen and oxygen atoms in total. The summed E-state index contributed by atoms with van der Waals surface area (Å²) in [6.45, 7) is 0.773. The standard InChI is InChI=1S/C16H17BrINO/c17-11-1-2-12-20-16-9-7-15(8-10-16)19-14-5-3-13(18)4-6-14/h3-10,19H,1-2,11-12H2. The van der Waals surface area contributed by atoms with Crippen LogP contribution >= 0.6 is 38.5 Å². The van der Waals surface area contributed by atoms with E-state index in [9.17, 15) is 0 Å². The van der Waals surface area contributed by atoms with E-state index >= 15 is 0 Å². The van der Waals surface area contributed by atoms with Gasteiger partial charge in [0.25, 0.3) is 0 Å². The number of nitrogens with one attached hydrogen (secondary N) is 1. The molecule has 0 saturated heterocycles. The summed E-state index contributed by atoms with van der Waals surface area (Å²) in [6.07, 6.45) is 2.22. The minimum atomic E-state index is 0.773. The molecule has 0 aromatic heterocycles. The quantitative estimate of drug-likeness (QED) is 0.340. The Morgan fingerprint density at radius 2 is 1.50 bits per heavy atom. The third-order valence-electron chi connectivity index (χ3n) is 2.78. The molecule has 0 fully saturated rings. The molecule has 0 radical (unpaired) electrons. The van der Waals surface area contributed by atoms with Crippen LogP contribution in [0.15, 0.2) is 48.5 Å². The maximum absolute atomic E-state index is 5.68. The molecule has 0 saturated carbocycles. The second-order valence-electron chi connectivity index (χ2n) is 4.40. The van der Waals surface area contributed by atoms with Crippen LogP contribution < -0.4 is 10.1 Å². The fourth-order valence-electron chi connectivity index (χ4n) is 1.72. The highest BCUT2D eigenvalue weighted by Gasteiger charge is 1.97. The van der Waals surface area contributed by atoms with E-state index in [1.165, 1.54) is 3.57 Å². The van der Waals surface area contributed by atoms with Crippen molar-refractivity contribution in [2.45, 2.75) is 12.8 Å². The van der Waals surface area contributed by atoms with Crippen LogP contribution in [0.4, 0.5) is 11.4 Å². The number of halogens is 2. The molecule has 0 aliphatic heterocycles. The third-order valence-corrected chi connectivity index (χ3v) is 4.06. The Morgan fingerprint density at radius 1 is 0.900 bits per heavy atom. The monoisotopic (exact) mass is 445 g/mol. The summed E-state index contributed by atoms with van der Waals surface area (Å²) in [6, 6.07) is 16.4. The number of rotatable bonds is 7. The van der Waals surface area contributed by atoms with Crippen molar-refractivity contribution in [3.05, 3.63) is 52.1 Å². The molecule has 106 valence electrons. The van der Waals surface area contributed by atoms with Gasteiger partial charge in [-0.1, -0.05) is 15.9 Å². The fraction of sp³-hybridized carbons (Fsp3) is 0.250. The third kappa shape index (κ3) is 5.32. The van der Waals surface area contributed by atoms with Crippen molar-refractivity contribution in [3.63, 3.8) is 0 Å². The van der Waals surface area contributed by atoms with Crippen molar-refractivity contribution in [1.82, 2.24) is 0 Å². The highest BCUT2D eigenvalue weighted by molar-refractivity contribution is 14.1. The van der Waals surface area contributed by atoms with E-state index in [1.807, 2.05) is 24.3 Å². The lowest BCUT2D eigenvalue weighted by Crippen LogP contribution is -1.97. The summed E-state index contributed by atoms with van der Waals surface area (Å²) in [5, 5.41) is 4.41. The molecular weight excluding hydrogens is 429 g/mol. The molecule has 1 N–H and O–H groups in total. The van der Waals surface area contributed by atoms with Crippen LogP contribution in [0.25, 0.3) is 0 Å². The zero-order valence-electron chi connectivity index (χ0n) is 11.1. The van der Waals surface area contributed by atoms with E-state index in [0.717, 1.165) is 41.9 Å². The minimum absolute atomic E-state index is 0.773. The summed E-state index contributed by atoms with van der Waals surface area (Å²) < 4.78 is 6.92. The van der Waals surface area contributed by atoms with E-state index < -0.39 is 0 Å². The molecule has 0 aliphatic carbocycles. The van der Waals surface area contributed by atoms with Gasteiger partial charge in [0.2, 0.25) is 0 Å². The first-order chi connectivity index (χ1) is 9.78. The normalized spacial score (nSPS) is 10.3. The van der Waals surface area contributed by atoms with Crippen LogP contribution in [0.3, 0.4) is 0 Å². The number of ether oxygens (including phenoxy) is 1. The van der Waals surface area contributed by atoms with Crippen molar-refractivity contribution >= 4 is 49.9 Å². The number of hydrogen-bond acceptors (Lipinski definition) is 2. The topological polar surface area (TPSA) is 21.3 Å². The predicted octanol–water partition coefficient (Wildman–Crippen LogP) is 5.59. The van der Waals surface area contributed by atoms with Crippen molar-refractivity contribution in [3.8, 4) is 5.75 Å². The van der Waals surface area contributed by atoms with E-state index in [0.29, 0.717) is 0 Å². The molecular formula is C16H17BrINO. The SMILES string of the molecule is BrCCCCOc1ccc(Nc2ccc(I)cc2)cc1. The van der Waals surface area contributed by atoms with Crippen molar-refractivity contribution < 1.29 is 4.74 Å². The molecule has 0 amide bonds. The molecule has 0 heterocycles. The van der Waals surface area contributed by atoms with Gasteiger partial charge < -0.3 is 10.1 Å². The summed E-state index contributed by atoms with van der Waals surface area (Å²) in [7, 11) is 0. The van der Waals surface area contributed by atoms with Crippen LogP contribution in [0.1, 0.15) is 12.8 Å². The van der Waals surface area contributed by atoms with Crippen LogP contribution in [0.5, 0.6) is 5.75 Å². The van der Waals surface area contributed by atoms with Crippen LogP contribution in [0.2, 0.25) is 0 Å². The zero-order chi connectivity index (χ0) is 14.2. The van der Waals surface area contributed by atoms with Gasteiger partial charge in [-0.3, -0.25) is 0 Å². The molecule has 0 spiro atoms. The number of hydrogen-bond donors (Lipinski definition) is 1. The van der Waals surface area contributed by atoms with Gasteiger partial charge in [0.05, 0.1) is 6.61 Å². The summed E-state index contributed by atoms with van der Waals surface area (Å²) in [4.78, 5) is 0. The van der Waals surface area contributed by atoms with Crippen molar-refractivity contribution in [2.75, 3.05) is 17.3 Å². The summed E-state index contributed by atoms with van der Waals surface area (Å²) in [5.41, 5.74) is 2.16. The summed E-state index contributed by atoms with van der Waals surface area (Å²) in [5.74, 6) is 0.924. The van der Waals surface area contributed by atoms with Gasteiger partial charge in [-0.25, -0.2) is 0 Å². The molecule has 0 aliphatic rings. The minimum Gasteiger partial charge on any atom is -0.494 e. The average Bonchev–Trinajstić information content (AvgIpc) is 2.48. The van der Waals surface area contributed by atoms with E-state index in [2.05, 4.69) is 68.1 Å². The van der Waals surface area contributed by atoms with Gasteiger partial charge in [0, 0.05) is 20.3 Å². The van der Waals surface area contributed by atoms with E-state index in [-0.39, 0.29) is 0 Å². The molecule has 4 heteroatoms. The van der Waals surface area contributed by atoms with E-state index in [4.69, 9.17) is 4.74 Å². The molecule has 2 rings (SSSR count). The Hall–Kier alpha value is -0.750. The Kier molecular flexibility index (Phi) is 6.66. The first kappa shape index (κ1) is 15.6. The number of anilines is 2. The maximum atomic E-state index is 5.68. The van der Waals surface area contributed by atoms with Crippen LogP contribution in [0, 0.1) is 3.57 Å². The molecule has 2 aromatic rings. The van der Waals surface area contributed by atoms with Crippen molar-refractivity contribution in [1.29, 1.82) is 0 Å². The van der Waals surface area contributed by atoms with Gasteiger partial charge in [-0.15, -0.1) is 0 Å². The van der Waals surface area contributed by atoms with Gasteiger partial charge in [0.15, 0.2) is 0 Å². The van der Waals surface area contributed by atoms with E-state index in [1.54, 1.807) is 0 Å². The maximum Gasteiger partial charge on any atom is 0.119 e. The highest BCUT2D eigenvalue weighted by atomic mass is 127. The molecule has 0 bridgehead atoms. The second kappa shape index (κ2) is 8.52. The van der Waals surface area contributed by atoms with Gasteiger partial charge >= 0.3 is 0 Å². The molecule has 20 heavy (non-hydrogen) atoms. The fourth-order valence-corrected chi connectivity index (χ4v) is 2.48. The molecule has 2 aromatic carbocycles. The second-order valence-corrected chi connectivity index (χ2v) is 6.44. The Bertz CT molecular complexity index is 513. The highest BCUT2D eigenvalue weighted by Crippen LogP contribution is 2.21. The Labute approximate surface area is 142 Å². The van der Waals surface area contributed by atoms with Gasteiger partial charge in [-0.2, -0.15) is 0 Å². The average molecular weight is 446 g/mol. The van der Waals surface area contributed by atoms with Crippen molar-refractivity contribution in [2.24, 2.45) is 0 Å². The molecule has 0 atom stereocenters. The van der Waals surface area contributed by atoms with Gasteiger partial charge in [0.1, 0.15) is 5.75 Å². The lowest BCUT2D eigenvalue weighted by molar-refractivity contribution is 0.310. The number of alkyl halides is 1. The number of benzene rings is 2. The Balaban J connectivity index is 1.86. The van der Waals surface area contributed by atoms with Crippen LogP contribution in [-0.2, 0) is 0 Å². The smallest absolute Gasteiger partial charge is 0.119 e. The molecule has 0 unspecified atom stereocenters. The van der Waals surface area contributed by atoms with Gasteiger partial charge in [-0.05, 0) is 84.0 Å². The lowest BCUT2D eigenvalue weighted by atomic mass is 10.2. The van der Waals surface area contributed by atoms with Crippen LogP contribution in [-0.4, -0.2) is 11.9 Å². The predicted molar refractivity (Wildman–Crippen MR) is 97.4 cm³/mol. The number of unbranched alkanes of at least 4 members (excludes halogenated alkanes) is 1. The first-order valence-electron chi connectivity index (χ1n) is 6.59. The zero-order valence-corrected chi connectivity index (χ0v) is 14.9. The summed E-state index contributed by atoms with van der Waals surface area (Å²) >= 11 is 5.72. The first-order valence-corrected chi connectivity index (χ1v) is 8.79. The largest absolute Gasteiger partial charge is 0.494 e. The Morgan fingerprint density at radius 3 is 2.10 bits per heavy atom. The lowest BCUT2D eigenvalue weighted by Gasteiger charge is -2.09.